The quantitative estimate of drug-likeness (QED) is 0.657. The maximum absolute atomic E-state index is 13.1. The molecule has 0 unspecified atom stereocenters. The van der Waals surface area contributed by atoms with Crippen LogP contribution in [0.5, 0.6) is 5.75 Å². The fraction of sp³-hybridized carbons (Fsp3) is 0.292. The number of rotatable bonds is 6. The highest BCUT2D eigenvalue weighted by atomic mass is 19.1. The number of hydrogen-bond donors (Lipinski definition) is 1. The van der Waals surface area contributed by atoms with Crippen molar-refractivity contribution >= 4 is 11.7 Å². The lowest BCUT2D eigenvalue weighted by Gasteiger charge is -2.32. The standard InChI is InChI=1S/C24H25FN4O2/c1-31-21-10-4-17(5-11-21)15-26-24(30)19-3-2-14-29(16-19)23-13-12-22(27-28-23)18-6-8-20(25)9-7-18/h4-13,19H,2-3,14-16H2,1H3,(H,26,30)/t19-/m1/s1. The van der Waals surface area contributed by atoms with Crippen LogP contribution in [0.25, 0.3) is 11.3 Å². The molecular weight excluding hydrogens is 395 g/mol. The first-order valence-corrected chi connectivity index (χ1v) is 10.4. The molecule has 3 aromatic rings. The van der Waals surface area contributed by atoms with Crippen LogP contribution in [0.15, 0.2) is 60.7 Å². The van der Waals surface area contributed by atoms with Crippen LogP contribution in [-0.4, -0.2) is 36.3 Å². The maximum Gasteiger partial charge on any atom is 0.225 e. The minimum atomic E-state index is -0.280. The van der Waals surface area contributed by atoms with Gasteiger partial charge in [0.25, 0.3) is 0 Å². The second-order valence-electron chi connectivity index (χ2n) is 7.63. The van der Waals surface area contributed by atoms with Gasteiger partial charge >= 0.3 is 0 Å². The van der Waals surface area contributed by atoms with Crippen molar-refractivity contribution in [3.05, 3.63) is 72.0 Å². The highest BCUT2D eigenvalue weighted by Gasteiger charge is 2.26. The van der Waals surface area contributed by atoms with Gasteiger partial charge in [0.05, 0.1) is 18.7 Å². The van der Waals surface area contributed by atoms with Gasteiger partial charge in [-0.1, -0.05) is 12.1 Å². The van der Waals surface area contributed by atoms with Gasteiger partial charge in [-0.15, -0.1) is 10.2 Å². The zero-order valence-electron chi connectivity index (χ0n) is 17.4. The van der Waals surface area contributed by atoms with Gasteiger partial charge in [0.2, 0.25) is 5.91 Å². The van der Waals surface area contributed by atoms with E-state index in [-0.39, 0.29) is 17.6 Å². The lowest BCUT2D eigenvalue weighted by Crippen LogP contribution is -2.43. The predicted molar refractivity (Wildman–Crippen MR) is 117 cm³/mol. The Morgan fingerprint density at radius 3 is 2.55 bits per heavy atom. The molecule has 1 aliphatic rings. The number of methoxy groups -OCH3 is 1. The molecule has 31 heavy (non-hydrogen) atoms. The average molecular weight is 420 g/mol. The summed E-state index contributed by atoms with van der Waals surface area (Å²) in [5, 5.41) is 11.7. The van der Waals surface area contributed by atoms with Crippen molar-refractivity contribution in [2.45, 2.75) is 19.4 Å². The van der Waals surface area contributed by atoms with Crippen molar-refractivity contribution in [1.82, 2.24) is 15.5 Å². The minimum Gasteiger partial charge on any atom is -0.497 e. The van der Waals surface area contributed by atoms with E-state index in [9.17, 15) is 9.18 Å². The molecule has 6 nitrogen and oxygen atoms in total. The van der Waals surface area contributed by atoms with Crippen molar-refractivity contribution in [3.8, 4) is 17.0 Å². The van der Waals surface area contributed by atoms with Gasteiger partial charge in [-0.3, -0.25) is 4.79 Å². The Morgan fingerprint density at radius 2 is 1.87 bits per heavy atom. The smallest absolute Gasteiger partial charge is 0.225 e. The molecule has 1 aromatic heterocycles. The summed E-state index contributed by atoms with van der Waals surface area (Å²) in [6, 6.07) is 17.6. The molecule has 1 fully saturated rings. The molecule has 1 atom stereocenters. The lowest BCUT2D eigenvalue weighted by atomic mass is 9.97. The number of piperidine rings is 1. The monoisotopic (exact) mass is 420 g/mol. The maximum atomic E-state index is 13.1. The Kier molecular flexibility index (Phi) is 6.40. The number of amides is 1. The zero-order chi connectivity index (χ0) is 21.6. The number of carbonyl (C=O) groups excluding carboxylic acids is 1. The van der Waals surface area contributed by atoms with Crippen LogP contribution in [0.3, 0.4) is 0 Å². The van der Waals surface area contributed by atoms with Crippen LogP contribution in [0.1, 0.15) is 18.4 Å². The molecule has 1 amide bonds. The number of anilines is 1. The highest BCUT2D eigenvalue weighted by Crippen LogP contribution is 2.24. The van der Waals surface area contributed by atoms with E-state index in [1.807, 2.05) is 36.4 Å². The molecule has 160 valence electrons. The summed E-state index contributed by atoms with van der Waals surface area (Å²) < 4.78 is 18.3. The molecule has 0 aliphatic carbocycles. The summed E-state index contributed by atoms with van der Waals surface area (Å²) >= 11 is 0. The number of ether oxygens (including phenoxy) is 1. The summed E-state index contributed by atoms with van der Waals surface area (Å²) in [6.07, 6.45) is 1.77. The Morgan fingerprint density at radius 1 is 1.10 bits per heavy atom. The molecule has 1 N–H and O–H groups in total. The molecule has 2 heterocycles. The van der Waals surface area contributed by atoms with E-state index < -0.39 is 0 Å². The number of aromatic nitrogens is 2. The summed E-state index contributed by atoms with van der Waals surface area (Å²) in [7, 11) is 1.63. The van der Waals surface area contributed by atoms with E-state index in [2.05, 4.69) is 20.4 Å². The third-order valence-corrected chi connectivity index (χ3v) is 5.53. The third-order valence-electron chi connectivity index (χ3n) is 5.53. The molecule has 0 spiro atoms. The first-order valence-electron chi connectivity index (χ1n) is 10.4. The Labute approximate surface area is 181 Å². The van der Waals surface area contributed by atoms with E-state index in [1.54, 1.807) is 19.2 Å². The van der Waals surface area contributed by atoms with Gasteiger partial charge in [-0.05, 0) is 66.9 Å². The topological polar surface area (TPSA) is 67.3 Å². The van der Waals surface area contributed by atoms with Crippen molar-refractivity contribution in [2.24, 2.45) is 5.92 Å². The van der Waals surface area contributed by atoms with Crippen LogP contribution in [0.2, 0.25) is 0 Å². The second kappa shape index (κ2) is 9.55. The zero-order valence-corrected chi connectivity index (χ0v) is 17.4. The van der Waals surface area contributed by atoms with Gasteiger partial charge in [-0.2, -0.15) is 0 Å². The van der Waals surface area contributed by atoms with Crippen molar-refractivity contribution < 1.29 is 13.9 Å². The van der Waals surface area contributed by atoms with Crippen molar-refractivity contribution in [2.75, 3.05) is 25.1 Å². The summed E-state index contributed by atoms with van der Waals surface area (Å²) in [6.45, 7) is 1.94. The first-order chi connectivity index (χ1) is 15.1. The molecule has 7 heteroatoms. The SMILES string of the molecule is COc1ccc(CNC(=O)[C@@H]2CCCN(c3ccc(-c4ccc(F)cc4)nn3)C2)cc1. The fourth-order valence-electron chi connectivity index (χ4n) is 3.74. The Bertz CT molecular complexity index is 1010. The van der Waals surface area contributed by atoms with Gasteiger partial charge in [0.1, 0.15) is 11.6 Å². The number of hydrogen-bond acceptors (Lipinski definition) is 5. The normalized spacial score (nSPS) is 16.1. The minimum absolute atomic E-state index is 0.0522. The van der Waals surface area contributed by atoms with Gasteiger partial charge < -0.3 is 15.0 Å². The summed E-state index contributed by atoms with van der Waals surface area (Å²) in [5.41, 5.74) is 2.54. The van der Waals surface area contributed by atoms with Crippen LogP contribution in [0, 0.1) is 11.7 Å². The highest BCUT2D eigenvalue weighted by molar-refractivity contribution is 5.79. The number of carbonyl (C=O) groups is 1. The van der Waals surface area contributed by atoms with E-state index in [0.29, 0.717) is 18.8 Å². The molecule has 2 aromatic carbocycles. The van der Waals surface area contributed by atoms with Gasteiger partial charge in [-0.25, -0.2) is 4.39 Å². The molecule has 1 aliphatic heterocycles. The van der Waals surface area contributed by atoms with Crippen LogP contribution < -0.4 is 15.0 Å². The van der Waals surface area contributed by atoms with Crippen LogP contribution >= 0.6 is 0 Å². The van der Waals surface area contributed by atoms with Crippen LogP contribution in [0.4, 0.5) is 10.2 Å². The van der Waals surface area contributed by atoms with Gasteiger partial charge in [0, 0.05) is 25.2 Å². The molecular formula is C24H25FN4O2. The second-order valence-corrected chi connectivity index (χ2v) is 7.63. The fourth-order valence-corrected chi connectivity index (χ4v) is 3.74. The molecule has 0 bridgehead atoms. The average Bonchev–Trinajstić information content (AvgIpc) is 2.83. The van der Waals surface area contributed by atoms with E-state index in [4.69, 9.17) is 4.74 Å². The van der Waals surface area contributed by atoms with Crippen molar-refractivity contribution in [1.29, 1.82) is 0 Å². The third kappa shape index (κ3) is 5.17. The summed E-state index contributed by atoms with van der Waals surface area (Å²) in [5.74, 6) is 1.23. The lowest BCUT2D eigenvalue weighted by molar-refractivity contribution is -0.125. The molecule has 0 saturated carbocycles. The largest absolute Gasteiger partial charge is 0.497 e. The Balaban J connectivity index is 1.35. The first kappa shape index (κ1) is 20.8. The number of nitrogens with one attached hydrogen (secondary N) is 1. The molecule has 4 rings (SSSR count). The predicted octanol–water partition coefficient (Wildman–Crippen LogP) is 3.82. The van der Waals surface area contributed by atoms with Gasteiger partial charge in [0.15, 0.2) is 5.82 Å². The molecule has 1 saturated heterocycles. The van der Waals surface area contributed by atoms with E-state index in [1.165, 1.54) is 12.1 Å². The van der Waals surface area contributed by atoms with E-state index >= 15 is 0 Å². The van der Waals surface area contributed by atoms with E-state index in [0.717, 1.165) is 42.1 Å². The number of halogens is 1. The number of benzene rings is 2. The number of nitrogens with zero attached hydrogens (tertiary/aromatic N) is 3. The van der Waals surface area contributed by atoms with Crippen LogP contribution in [-0.2, 0) is 11.3 Å². The van der Waals surface area contributed by atoms with Crippen molar-refractivity contribution in [3.63, 3.8) is 0 Å². The molecule has 0 radical (unpaired) electrons. The summed E-state index contributed by atoms with van der Waals surface area (Å²) in [4.78, 5) is 14.8. The Hall–Kier alpha value is -3.48.